The lowest BCUT2D eigenvalue weighted by Gasteiger charge is -2.23. The first-order valence-electron chi connectivity index (χ1n) is 5.40. The Hall–Kier alpha value is -0.660. The van der Waals surface area contributed by atoms with Gasteiger partial charge in [-0.25, -0.2) is 0 Å². The number of carbonyl (C=O) groups is 1. The van der Waals surface area contributed by atoms with Gasteiger partial charge in [0.2, 0.25) is 0 Å². The maximum atomic E-state index is 11.0. The average molecular weight is 275 g/mol. The van der Waals surface area contributed by atoms with Crippen LogP contribution >= 0.6 is 23.1 Å². The molecule has 1 aromatic rings. The number of rotatable bonds is 8. The fourth-order valence-corrected chi connectivity index (χ4v) is 2.86. The van der Waals surface area contributed by atoms with Gasteiger partial charge in [0.1, 0.15) is 11.0 Å². The standard InChI is InChI=1S/C10H17N3O2S2/c1-10(11-2,8(14)15)5-3-4-6-16-9-13-12-7-17-9/h7,11H,3-6H2,1-2H3,(H,14,15). The normalized spacial score (nSPS) is 14.5. The zero-order valence-electron chi connectivity index (χ0n) is 9.97. The van der Waals surface area contributed by atoms with Crippen LogP contribution in [0.1, 0.15) is 26.2 Å². The third kappa shape index (κ3) is 4.61. The zero-order chi connectivity index (χ0) is 12.7. The topological polar surface area (TPSA) is 75.1 Å². The molecule has 0 aromatic carbocycles. The molecule has 96 valence electrons. The molecule has 1 aromatic heterocycles. The highest BCUT2D eigenvalue weighted by Gasteiger charge is 2.29. The number of aromatic nitrogens is 2. The van der Waals surface area contributed by atoms with Crippen molar-refractivity contribution in [2.24, 2.45) is 0 Å². The van der Waals surface area contributed by atoms with Gasteiger partial charge in [-0.1, -0.05) is 29.5 Å². The van der Waals surface area contributed by atoms with E-state index in [0.717, 1.165) is 22.9 Å². The molecule has 0 saturated carbocycles. The molecule has 1 rings (SSSR count). The van der Waals surface area contributed by atoms with Crippen molar-refractivity contribution in [1.82, 2.24) is 15.5 Å². The van der Waals surface area contributed by atoms with Crippen LogP contribution in [0.2, 0.25) is 0 Å². The Kier molecular flexibility index (Phi) is 5.87. The van der Waals surface area contributed by atoms with Crippen LogP contribution in [-0.4, -0.2) is 39.6 Å². The number of carboxylic acid groups (broad SMARTS) is 1. The Morgan fingerprint density at radius 2 is 2.41 bits per heavy atom. The molecule has 0 spiro atoms. The summed E-state index contributed by atoms with van der Waals surface area (Å²) < 4.78 is 0.972. The van der Waals surface area contributed by atoms with Gasteiger partial charge in [0.05, 0.1) is 0 Å². The van der Waals surface area contributed by atoms with E-state index in [1.807, 2.05) is 0 Å². The minimum atomic E-state index is -0.812. The van der Waals surface area contributed by atoms with Gasteiger partial charge in [0.25, 0.3) is 0 Å². The Balaban J connectivity index is 2.17. The fraction of sp³-hybridized carbons (Fsp3) is 0.700. The van der Waals surface area contributed by atoms with Crippen LogP contribution < -0.4 is 5.32 Å². The average Bonchev–Trinajstić information content (AvgIpc) is 2.81. The van der Waals surface area contributed by atoms with E-state index in [9.17, 15) is 4.79 Å². The van der Waals surface area contributed by atoms with E-state index in [1.165, 1.54) is 11.3 Å². The number of nitrogens with one attached hydrogen (secondary N) is 1. The molecule has 5 nitrogen and oxygen atoms in total. The molecule has 1 atom stereocenters. The third-order valence-electron chi connectivity index (χ3n) is 2.66. The molecule has 17 heavy (non-hydrogen) atoms. The molecule has 1 heterocycles. The summed E-state index contributed by atoms with van der Waals surface area (Å²) in [5.41, 5.74) is 0.901. The lowest BCUT2D eigenvalue weighted by Crippen LogP contribution is -2.47. The molecule has 0 saturated heterocycles. The highest BCUT2D eigenvalue weighted by molar-refractivity contribution is 8.00. The van der Waals surface area contributed by atoms with Crippen molar-refractivity contribution in [3.8, 4) is 0 Å². The number of unbranched alkanes of at least 4 members (excludes halogenated alkanes) is 1. The summed E-state index contributed by atoms with van der Waals surface area (Å²) in [4.78, 5) is 11.0. The van der Waals surface area contributed by atoms with E-state index >= 15 is 0 Å². The van der Waals surface area contributed by atoms with E-state index in [2.05, 4.69) is 15.5 Å². The van der Waals surface area contributed by atoms with Crippen molar-refractivity contribution >= 4 is 29.1 Å². The van der Waals surface area contributed by atoms with Gasteiger partial charge in [-0.3, -0.25) is 4.79 Å². The second-order valence-electron chi connectivity index (χ2n) is 3.90. The van der Waals surface area contributed by atoms with E-state index in [0.29, 0.717) is 6.42 Å². The third-order valence-corrected chi connectivity index (χ3v) is 4.61. The first-order valence-corrected chi connectivity index (χ1v) is 7.26. The predicted octanol–water partition coefficient (Wildman–Crippen LogP) is 1.86. The summed E-state index contributed by atoms with van der Waals surface area (Å²) in [5, 5.41) is 19.6. The van der Waals surface area contributed by atoms with Crippen molar-refractivity contribution in [2.45, 2.75) is 36.1 Å². The summed E-state index contributed by atoms with van der Waals surface area (Å²) in [6.45, 7) is 1.72. The largest absolute Gasteiger partial charge is 0.480 e. The number of hydrogen-bond acceptors (Lipinski definition) is 6. The van der Waals surface area contributed by atoms with Crippen molar-refractivity contribution in [1.29, 1.82) is 0 Å². The SMILES string of the molecule is CNC(C)(CCCCSc1nncs1)C(=O)O. The summed E-state index contributed by atoms with van der Waals surface area (Å²) in [7, 11) is 1.68. The van der Waals surface area contributed by atoms with Gasteiger partial charge in [-0.2, -0.15) is 0 Å². The number of carboxylic acids is 1. The Bertz CT molecular complexity index is 345. The number of nitrogens with zero attached hydrogens (tertiary/aromatic N) is 2. The second kappa shape index (κ2) is 6.93. The molecule has 2 N–H and O–H groups in total. The van der Waals surface area contributed by atoms with Gasteiger partial charge in [-0.15, -0.1) is 10.2 Å². The smallest absolute Gasteiger partial charge is 0.323 e. The first-order chi connectivity index (χ1) is 8.08. The summed E-state index contributed by atoms with van der Waals surface area (Å²) in [5.74, 6) is 0.158. The van der Waals surface area contributed by atoms with Crippen LogP contribution in [0, 0.1) is 0 Å². The summed E-state index contributed by atoms with van der Waals surface area (Å²) in [6, 6.07) is 0. The number of hydrogen-bond donors (Lipinski definition) is 2. The predicted molar refractivity (Wildman–Crippen MR) is 69.6 cm³/mol. The molecule has 0 aliphatic heterocycles. The Morgan fingerprint density at radius 3 is 2.94 bits per heavy atom. The monoisotopic (exact) mass is 275 g/mol. The van der Waals surface area contributed by atoms with Gasteiger partial charge in [0.15, 0.2) is 4.34 Å². The Morgan fingerprint density at radius 1 is 1.65 bits per heavy atom. The highest BCUT2D eigenvalue weighted by atomic mass is 32.2. The molecule has 0 fully saturated rings. The maximum Gasteiger partial charge on any atom is 0.323 e. The van der Waals surface area contributed by atoms with Crippen molar-refractivity contribution < 1.29 is 9.90 Å². The molecule has 0 aliphatic carbocycles. The van der Waals surface area contributed by atoms with Gasteiger partial charge < -0.3 is 10.4 Å². The lowest BCUT2D eigenvalue weighted by molar-refractivity contribution is -0.144. The van der Waals surface area contributed by atoms with Crippen LogP contribution in [0.4, 0.5) is 0 Å². The van der Waals surface area contributed by atoms with Crippen LogP contribution in [0.5, 0.6) is 0 Å². The lowest BCUT2D eigenvalue weighted by atomic mass is 9.95. The zero-order valence-corrected chi connectivity index (χ0v) is 11.6. The van der Waals surface area contributed by atoms with E-state index in [4.69, 9.17) is 5.11 Å². The van der Waals surface area contributed by atoms with Crippen LogP contribution in [0.3, 0.4) is 0 Å². The van der Waals surface area contributed by atoms with Crippen LogP contribution in [-0.2, 0) is 4.79 Å². The fourth-order valence-electron chi connectivity index (χ4n) is 1.30. The van der Waals surface area contributed by atoms with E-state index < -0.39 is 11.5 Å². The molecule has 0 bridgehead atoms. The molecule has 0 amide bonds. The molecular formula is C10H17N3O2S2. The minimum Gasteiger partial charge on any atom is -0.480 e. The van der Waals surface area contributed by atoms with Crippen LogP contribution in [0.15, 0.2) is 9.85 Å². The molecular weight excluding hydrogens is 258 g/mol. The quantitative estimate of drug-likeness (QED) is 0.557. The van der Waals surface area contributed by atoms with Gasteiger partial charge in [-0.05, 0) is 26.8 Å². The maximum absolute atomic E-state index is 11.0. The first kappa shape index (κ1) is 14.4. The van der Waals surface area contributed by atoms with Gasteiger partial charge in [0, 0.05) is 5.75 Å². The molecule has 0 radical (unpaired) electrons. The second-order valence-corrected chi connectivity index (χ2v) is 6.07. The van der Waals surface area contributed by atoms with Gasteiger partial charge >= 0.3 is 5.97 Å². The number of likely N-dealkylation sites (N-methyl/N-ethyl adjacent to an activating group) is 1. The van der Waals surface area contributed by atoms with Crippen molar-refractivity contribution in [3.05, 3.63) is 5.51 Å². The molecule has 7 heteroatoms. The van der Waals surface area contributed by atoms with Crippen LogP contribution in [0.25, 0.3) is 0 Å². The highest BCUT2D eigenvalue weighted by Crippen LogP contribution is 2.21. The van der Waals surface area contributed by atoms with E-state index in [1.54, 1.807) is 31.2 Å². The Labute approximate surface area is 109 Å². The molecule has 1 unspecified atom stereocenters. The number of thioether (sulfide) groups is 1. The number of aliphatic carboxylic acids is 1. The van der Waals surface area contributed by atoms with Crippen molar-refractivity contribution in [2.75, 3.05) is 12.8 Å². The summed E-state index contributed by atoms with van der Waals surface area (Å²) in [6.07, 6.45) is 2.50. The van der Waals surface area contributed by atoms with Crippen molar-refractivity contribution in [3.63, 3.8) is 0 Å². The minimum absolute atomic E-state index is 0.634. The van der Waals surface area contributed by atoms with E-state index in [-0.39, 0.29) is 0 Å². The molecule has 0 aliphatic rings. The summed E-state index contributed by atoms with van der Waals surface area (Å²) >= 11 is 3.20.